The van der Waals surface area contributed by atoms with E-state index in [1.54, 1.807) is 0 Å². The topological polar surface area (TPSA) is 35.5 Å². The van der Waals surface area contributed by atoms with Crippen molar-refractivity contribution in [3.8, 4) is 0 Å². The molecule has 0 aromatic heterocycles. The number of hydrogen-bond acceptors (Lipinski definition) is 3. The summed E-state index contributed by atoms with van der Waals surface area (Å²) in [5.41, 5.74) is 1.70. The van der Waals surface area contributed by atoms with E-state index in [-0.39, 0.29) is 23.0 Å². The van der Waals surface area contributed by atoms with Gasteiger partial charge >= 0.3 is 0 Å². The Hall–Kier alpha value is -1.54. The molecule has 0 spiro atoms. The first kappa shape index (κ1) is 35.3. The van der Waals surface area contributed by atoms with Crippen LogP contribution in [0, 0.1) is 35.5 Å². The molecule has 44 heavy (non-hydrogen) atoms. The van der Waals surface area contributed by atoms with Crippen LogP contribution in [0.4, 0.5) is 0 Å². The molecule has 3 nitrogen and oxygen atoms in total. The molecule has 7 atom stereocenters. The van der Waals surface area contributed by atoms with Gasteiger partial charge in [0.1, 0.15) is 6.29 Å². The Labute approximate surface area is 272 Å². The number of aldehydes is 1. The van der Waals surface area contributed by atoms with Gasteiger partial charge in [-0.25, -0.2) is 0 Å². The molecule has 0 bridgehead atoms. The highest BCUT2D eigenvalue weighted by Crippen LogP contribution is 2.54. The van der Waals surface area contributed by atoms with E-state index in [1.165, 1.54) is 23.1 Å². The molecule has 0 N–H and O–H groups in total. The fourth-order valence-corrected chi connectivity index (χ4v) is 20.3. The zero-order chi connectivity index (χ0) is 32.4. The van der Waals surface area contributed by atoms with Gasteiger partial charge in [-0.1, -0.05) is 137 Å². The lowest BCUT2D eigenvalue weighted by atomic mass is 9.55. The fraction of sp³-hybridized carbons (Fsp3) is 0.667. The number of carbonyl (C=O) groups is 1. The Kier molecular flexibility index (Phi) is 11.3. The minimum absolute atomic E-state index is 0.0120. The summed E-state index contributed by atoms with van der Waals surface area (Å²) in [5, 5.41) is 2.52. The lowest BCUT2D eigenvalue weighted by Gasteiger charge is -2.56. The van der Waals surface area contributed by atoms with Crippen molar-refractivity contribution in [2.24, 2.45) is 35.5 Å². The smallest absolute Gasteiger partial charge is 0.261 e. The molecular weight excluding hydrogens is 573 g/mol. The largest absolute Gasteiger partial charge is 0.413 e. The van der Waals surface area contributed by atoms with Crippen LogP contribution >= 0.6 is 0 Å². The molecule has 5 heteroatoms. The third kappa shape index (κ3) is 6.37. The van der Waals surface area contributed by atoms with Crippen molar-refractivity contribution in [1.82, 2.24) is 0 Å². The maximum Gasteiger partial charge on any atom is 0.261 e. The Bertz CT molecular complexity index is 1130. The quantitative estimate of drug-likeness (QED) is 0.183. The highest BCUT2D eigenvalue weighted by molar-refractivity contribution is 6.99. The summed E-state index contributed by atoms with van der Waals surface area (Å²) >= 11 is 0. The standard InChI is InChI=1S/C39H62O3Si2/c1-27(2)43(28(3)4,29(5)6)42-37-23-22-30(7)38-34(37)24-31(8)35(25-40)36(38)26-41-44(39(9,10)11,32-18-14-12-15-19-32)33-20-16-13-17-21-33/h12-21,25,27-31,34-38H,22-24,26H2,1-11H3/t30-,31-,34-,35+,36+,37-,38+/m0/s1. The van der Waals surface area contributed by atoms with Crippen molar-refractivity contribution in [3.63, 3.8) is 0 Å². The summed E-state index contributed by atoms with van der Waals surface area (Å²) in [4.78, 5) is 12.9. The molecule has 0 aliphatic heterocycles. The Morgan fingerprint density at radius 3 is 1.73 bits per heavy atom. The minimum Gasteiger partial charge on any atom is -0.413 e. The number of hydrogen-bond donors (Lipinski definition) is 0. The second kappa shape index (κ2) is 14.1. The van der Waals surface area contributed by atoms with Gasteiger partial charge in [0.15, 0.2) is 0 Å². The van der Waals surface area contributed by atoms with Crippen molar-refractivity contribution in [1.29, 1.82) is 0 Å². The van der Waals surface area contributed by atoms with Crippen LogP contribution in [0.3, 0.4) is 0 Å². The van der Waals surface area contributed by atoms with E-state index in [4.69, 9.17) is 8.85 Å². The third-order valence-electron chi connectivity index (χ3n) is 12.0. The van der Waals surface area contributed by atoms with E-state index < -0.39 is 16.6 Å². The first-order valence-electron chi connectivity index (χ1n) is 17.6. The Morgan fingerprint density at radius 2 is 1.30 bits per heavy atom. The first-order valence-corrected chi connectivity index (χ1v) is 21.6. The van der Waals surface area contributed by atoms with Crippen molar-refractivity contribution >= 4 is 33.3 Å². The van der Waals surface area contributed by atoms with Crippen molar-refractivity contribution < 1.29 is 13.6 Å². The average molecular weight is 635 g/mol. The van der Waals surface area contributed by atoms with E-state index in [9.17, 15) is 4.79 Å². The summed E-state index contributed by atoms with van der Waals surface area (Å²) in [5.74, 6) is 1.98. The summed E-state index contributed by atoms with van der Waals surface area (Å²) in [6.45, 7) is 26.9. The van der Waals surface area contributed by atoms with Crippen molar-refractivity contribution in [2.45, 2.75) is 123 Å². The number of fused-ring (bicyclic) bond motifs is 1. The maximum atomic E-state index is 12.9. The maximum absolute atomic E-state index is 12.9. The SMILES string of the molecule is CC(C)[Si](O[C@H]1CC[C@H](C)[C@H]2[C@H](CO[Si](c3ccccc3)(c3ccccc3)C(C)(C)C)[C@H](C=O)[C@@H](C)C[C@H]21)(C(C)C)C(C)C. The van der Waals surface area contributed by atoms with Gasteiger partial charge in [-0.15, -0.1) is 0 Å². The van der Waals surface area contributed by atoms with Gasteiger partial charge in [0, 0.05) is 18.6 Å². The Morgan fingerprint density at radius 1 is 0.795 bits per heavy atom. The number of rotatable bonds is 11. The molecular formula is C39H62O3Si2. The molecule has 2 saturated carbocycles. The lowest BCUT2D eigenvalue weighted by Crippen LogP contribution is -2.67. The Balaban J connectivity index is 1.76. The van der Waals surface area contributed by atoms with Crippen LogP contribution < -0.4 is 10.4 Å². The van der Waals surface area contributed by atoms with E-state index in [1.807, 2.05) is 0 Å². The van der Waals surface area contributed by atoms with Gasteiger partial charge in [-0.05, 0) is 80.9 Å². The zero-order valence-electron chi connectivity index (χ0n) is 29.7. The van der Waals surface area contributed by atoms with E-state index >= 15 is 0 Å². The van der Waals surface area contributed by atoms with Gasteiger partial charge in [0.05, 0.1) is 0 Å². The van der Waals surface area contributed by atoms with Crippen LogP contribution in [0.2, 0.25) is 21.7 Å². The third-order valence-corrected chi connectivity index (χ3v) is 23.1. The summed E-state index contributed by atoms with van der Waals surface area (Å²) in [6.07, 6.45) is 4.95. The van der Waals surface area contributed by atoms with Crippen LogP contribution in [0.5, 0.6) is 0 Å². The first-order chi connectivity index (χ1) is 20.7. The minimum atomic E-state index is -2.72. The molecule has 0 amide bonds. The molecule has 2 aliphatic carbocycles. The van der Waals surface area contributed by atoms with Crippen LogP contribution in [-0.2, 0) is 13.6 Å². The van der Waals surface area contributed by atoms with Gasteiger partial charge < -0.3 is 13.6 Å². The van der Waals surface area contributed by atoms with Crippen molar-refractivity contribution in [3.05, 3.63) is 60.7 Å². The predicted molar refractivity (Wildman–Crippen MR) is 192 cm³/mol. The van der Waals surface area contributed by atoms with Crippen LogP contribution in [0.1, 0.15) is 95.4 Å². The second-order valence-electron chi connectivity index (χ2n) is 16.3. The normalized spacial score (nSPS) is 28.4. The highest BCUT2D eigenvalue weighted by Gasteiger charge is 2.56. The number of benzene rings is 2. The molecule has 0 heterocycles. The van der Waals surface area contributed by atoms with Crippen molar-refractivity contribution in [2.75, 3.05) is 6.61 Å². The molecule has 4 rings (SSSR count). The van der Waals surface area contributed by atoms with Gasteiger partial charge in [0.25, 0.3) is 8.32 Å². The monoisotopic (exact) mass is 634 g/mol. The molecule has 0 saturated heterocycles. The average Bonchev–Trinajstić information content (AvgIpc) is 2.96. The number of carbonyl (C=O) groups excluding carboxylic acids is 1. The predicted octanol–water partition coefficient (Wildman–Crippen LogP) is 9.26. The van der Waals surface area contributed by atoms with Gasteiger partial charge in [-0.3, -0.25) is 0 Å². The molecule has 2 fully saturated rings. The molecule has 2 aliphatic rings. The molecule has 244 valence electrons. The van der Waals surface area contributed by atoms with Gasteiger partial charge in [-0.2, -0.15) is 0 Å². The highest BCUT2D eigenvalue weighted by atomic mass is 28.4. The van der Waals surface area contributed by atoms with Crippen LogP contribution in [-0.4, -0.2) is 35.6 Å². The summed E-state index contributed by atoms with van der Waals surface area (Å²) in [6, 6.07) is 21.9. The van der Waals surface area contributed by atoms with E-state index in [2.05, 4.69) is 137 Å². The van der Waals surface area contributed by atoms with Gasteiger partial charge in [0.2, 0.25) is 8.32 Å². The van der Waals surface area contributed by atoms with E-state index in [0.717, 1.165) is 12.8 Å². The second-order valence-corrected chi connectivity index (χ2v) is 26.0. The van der Waals surface area contributed by atoms with E-state index in [0.29, 0.717) is 46.9 Å². The molecule has 2 aromatic carbocycles. The molecule has 2 aromatic rings. The molecule has 0 unspecified atom stereocenters. The lowest BCUT2D eigenvalue weighted by molar-refractivity contribution is -0.127. The van der Waals surface area contributed by atoms with Crippen LogP contribution in [0.15, 0.2) is 60.7 Å². The summed E-state index contributed by atoms with van der Waals surface area (Å²) in [7, 11) is -4.75. The fourth-order valence-electron chi connectivity index (χ4n) is 10.1. The summed E-state index contributed by atoms with van der Waals surface area (Å²) < 4.78 is 15.2. The van der Waals surface area contributed by atoms with Crippen LogP contribution in [0.25, 0.3) is 0 Å². The molecule has 0 radical (unpaired) electrons. The zero-order valence-corrected chi connectivity index (χ0v) is 31.7.